The molecule has 0 spiro atoms. The third-order valence-electron chi connectivity index (χ3n) is 2.11. The first-order valence-electron chi connectivity index (χ1n) is 4.71. The molecule has 0 aliphatic carbocycles. The lowest BCUT2D eigenvalue weighted by molar-refractivity contribution is 0.657. The number of hydrogen-bond donors (Lipinski definition) is 0. The van der Waals surface area contributed by atoms with Crippen molar-refractivity contribution in [3.63, 3.8) is 0 Å². The molecule has 0 N–H and O–H groups in total. The number of unbranched alkanes of at least 4 members (excludes halogenated alkanes) is 2. The van der Waals surface area contributed by atoms with Gasteiger partial charge >= 0.3 is 0 Å². The van der Waals surface area contributed by atoms with Crippen molar-refractivity contribution in [2.75, 3.05) is 6.26 Å². The maximum Gasteiger partial charge on any atom is 0.190 e. The minimum Gasteiger partial charge on any atom is -0.309 e. The van der Waals surface area contributed by atoms with Crippen LogP contribution in [0.2, 0.25) is 0 Å². The molecule has 0 saturated heterocycles. The molecule has 1 aromatic heterocycles. The Hall–Kier alpha value is -0.510. The average molecular weight is 199 g/mol. The molecule has 0 amide bonds. The first kappa shape index (κ1) is 10.6. The van der Waals surface area contributed by atoms with E-state index in [1.54, 1.807) is 11.8 Å². The van der Waals surface area contributed by atoms with Gasteiger partial charge in [-0.3, -0.25) is 0 Å². The molecular weight excluding hydrogens is 182 g/mol. The molecule has 3 nitrogen and oxygen atoms in total. The van der Waals surface area contributed by atoms with Crippen molar-refractivity contribution in [2.45, 2.75) is 37.8 Å². The minimum atomic E-state index is 1.01. The average Bonchev–Trinajstić information content (AvgIpc) is 2.48. The van der Waals surface area contributed by atoms with Crippen LogP contribution in [0.15, 0.2) is 5.16 Å². The number of nitrogens with zero attached hydrogens (tertiary/aromatic N) is 3. The van der Waals surface area contributed by atoms with Crippen molar-refractivity contribution < 1.29 is 0 Å². The lowest BCUT2D eigenvalue weighted by Gasteiger charge is -2.00. The van der Waals surface area contributed by atoms with Crippen LogP contribution in [0.25, 0.3) is 0 Å². The second-order valence-electron chi connectivity index (χ2n) is 3.12. The second kappa shape index (κ2) is 5.27. The fourth-order valence-electron chi connectivity index (χ4n) is 1.27. The van der Waals surface area contributed by atoms with Gasteiger partial charge in [-0.05, 0) is 12.7 Å². The third-order valence-corrected chi connectivity index (χ3v) is 2.83. The Kier molecular flexibility index (Phi) is 4.28. The van der Waals surface area contributed by atoms with Gasteiger partial charge in [-0.15, -0.1) is 10.2 Å². The standard InChI is InChI=1S/C9H17N3S/c1-4-5-6-7-8-10-11-9(13-3)12(8)2/h4-7H2,1-3H3. The van der Waals surface area contributed by atoms with Crippen LogP contribution < -0.4 is 0 Å². The van der Waals surface area contributed by atoms with Crippen LogP contribution in [0.3, 0.4) is 0 Å². The first-order chi connectivity index (χ1) is 6.29. The van der Waals surface area contributed by atoms with Crippen molar-refractivity contribution >= 4 is 11.8 Å². The second-order valence-corrected chi connectivity index (χ2v) is 3.89. The number of thioether (sulfide) groups is 1. The highest BCUT2D eigenvalue weighted by molar-refractivity contribution is 7.98. The molecule has 13 heavy (non-hydrogen) atoms. The maximum atomic E-state index is 4.15. The molecule has 0 fully saturated rings. The van der Waals surface area contributed by atoms with E-state index in [4.69, 9.17) is 0 Å². The third kappa shape index (κ3) is 2.72. The van der Waals surface area contributed by atoms with E-state index in [0.717, 1.165) is 17.4 Å². The number of aryl methyl sites for hydroxylation is 1. The lowest BCUT2D eigenvalue weighted by Crippen LogP contribution is -1.98. The van der Waals surface area contributed by atoms with Gasteiger partial charge in [0.05, 0.1) is 0 Å². The zero-order valence-corrected chi connectivity index (χ0v) is 9.39. The Morgan fingerprint density at radius 2 is 2.08 bits per heavy atom. The normalized spacial score (nSPS) is 10.7. The zero-order valence-electron chi connectivity index (χ0n) is 8.58. The summed E-state index contributed by atoms with van der Waals surface area (Å²) in [5.41, 5.74) is 0. The Balaban J connectivity index is 2.51. The van der Waals surface area contributed by atoms with Crippen LogP contribution in [-0.2, 0) is 13.5 Å². The van der Waals surface area contributed by atoms with Crippen LogP contribution in [0.5, 0.6) is 0 Å². The summed E-state index contributed by atoms with van der Waals surface area (Å²) in [7, 11) is 2.03. The van der Waals surface area contributed by atoms with Crippen molar-refractivity contribution in [2.24, 2.45) is 7.05 Å². The zero-order chi connectivity index (χ0) is 9.68. The lowest BCUT2D eigenvalue weighted by atomic mass is 10.2. The number of hydrogen-bond acceptors (Lipinski definition) is 3. The van der Waals surface area contributed by atoms with Gasteiger partial charge in [-0.25, -0.2) is 0 Å². The van der Waals surface area contributed by atoms with Crippen LogP contribution in [0.4, 0.5) is 0 Å². The SMILES string of the molecule is CCCCCc1nnc(SC)n1C. The predicted octanol–water partition coefficient (Wildman–Crippen LogP) is 2.27. The van der Waals surface area contributed by atoms with E-state index in [0.29, 0.717) is 0 Å². The minimum absolute atomic E-state index is 1.01. The number of aromatic nitrogens is 3. The van der Waals surface area contributed by atoms with E-state index in [1.807, 2.05) is 13.3 Å². The van der Waals surface area contributed by atoms with Crippen LogP contribution in [0.1, 0.15) is 32.0 Å². The predicted molar refractivity (Wildman–Crippen MR) is 56.0 cm³/mol. The molecule has 1 aromatic rings. The Labute approximate surface area is 83.9 Å². The number of rotatable bonds is 5. The molecule has 0 radical (unpaired) electrons. The molecule has 1 heterocycles. The van der Waals surface area contributed by atoms with Crippen molar-refractivity contribution in [3.05, 3.63) is 5.82 Å². The van der Waals surface area contributed by atoms with E-state index in [9.17, 15) is 0 Å². The molecule has 0 aliphatic rings. The Morgan fingerprint density at radius 1 is 1.31 bits per heavy atom. The van der Waals surface area contributed by atoms with Gasteiger partial charge < -0.3 is 4.57 Å². The van der Waals surface area contributed by atoms with E-state index in [-0.39, 0.29) is 0 Å². The summed E-state index contributed by atoms with van der Waals surface area (Å²) in [4.78, 5) is 0. The molecule has 0 atom stereocenters. The fourth-order valence-corrected chi connectivity index (χ4v) is 1.78. The largest absolute Gasteiger partial charge is 0.309 e. The quantitative estimate of drug-likeness (QED) is 0.538. The van der Waals surface area contributed by atoms with Crippen molar-refractivity contribution in [1.29, 1.82) is 0 Å². The van der Waals surface area contributed by atoms with E-state index < -0.39 is 0 Å². The van der Waals surface area contributed by atoms with Crippen molar-refractivity contribution in [3.8, 4) is 0 Å². The van der Waals surface area contributed by atoms with Gasteiger partial charge in [0, 0.05) is 13.5 Å². The molecular formula is C9H17N3S. The monoisotopic (exact) mass is 199 g/mol. The van der Waals surface area contributed by atoms with Gasteiger partial charge in [-0.1, -0.05) is 31.5 Å². The van der Waals surface area contributed by atoms with Crippen molar-refractivity contribution in [1.82, 2.24) is 14.8 Å². The molecule has 0 saturated carbocycles. The summed E-state index contributed by atoms with van der Waals surface area (Å²) >= 11 is 1.64. The maximum absolute atomic E-state index is 4.15. The summed E-state index contributed by atoms with van der Waals surface area (Å²) in [6.45, 7) is 2.21. The Bertz CT molecular complexity index is 257. The van der Waals surface area contributed by atoms with E-state index in [1.165, 1.54) is 19.3 Å². The van der Waals surface area contributed by atoms with E-state index in [2.05, 4.69) is 21.7 Å². The highest BCUT2D eigenvalue weighted by Gasteiger charge is 2.05. The molecule has 0 bridgehead atoms. The fraction of sp³-hybridized carbons (Fsp3) is 0.778. The van der Waals surface area contributed by atoms with Crippen LogP contribution >= 0.6 is 11.8 Å². The molecule has 4 heteroatoms. The van der Waals surface area contributed by atoms with Gasteiger partial charge in [-0.2, -0.15) is 0 Å². The summed E-state index contributed by atoms with van der Waals surface area (Å²) in [5, 5.41) is 9.25. The summed E-state index contributed by atoms with van der Waals surface area (Å²) in [6, 6.07) is 0. The summed E-state index contributed by atoms with van der Waals surface area (Å²) in [5.74, 6) is 1.11. The van der Waals surface area contributed by atoms with E-state index >= 15 is 0 Å². The molecule has 0 unspecified atom stereocenters. The van der Waals surface area contributed by atoms with Gasteiger partial charge in [0.25, 0.3) is 0 Å². The topological polar surface area (TPSA) is 30.7 Å². The molecule has 0 aromatic carbocycles. The molecule has 0 aliphatic heterocycles. The summed E-state index contributed by atoms with van der Waals surface area (Å²) < 4.78 is 2.08. The highest BCUT2D eigenvalue weighted by Crippen LogP contribution is 2.12. The first-order valence-corrected chi connectivity index (χ1v) is 5.94. The van der Waals surface area contributed by atoms with Gasteiger partial charge in [0.1, 0.15) is 5.82 Å². The smallest absolute Gasteiger partial charge is 0.190 e. The van der Waals surface area contributed by atoms with Gasteiger partial charge in [0.15, 0.2) is 5.16 Å². The summed E-state index contributed by atoms with van der Waals surface area (Å²) in [6.07, 6.45) is 6.84. The highest BCUT2D eigenvalue weighted by atomic mass is 32.2. The Morgan fingerprint density at radius 3 is 2.62 bits per heavy atom. The molecule has 74 valence electrons. The van der Waals surface area contributed by atoms with Gasteiger partial charge in [0.2, 0.25) is 0 Å². The molecule has 1 rings (SSSR count). The van der Waals surface area contributed by atoms with Crippen LogP contribution in [0, 0.1) is 0 Å². The van der Waals surface area contributed by atoms with Crippen LogP contribution in [-0.4, -0.2) is 21.0 Å².